The van der Waals surface area contributed by atoms with Crippen LogP contribution in [0.3, 0.4) is 0 Å². The Morgan fingerprint density at radius 1 is 0.833 bits per heavy atom. The summed E-state index contributed by atoms with van der Waals surface area (Å²) in [6.07, 6.45) is 0. The van der Waals surface area contributed by atoms with E-state index < -0.39 is 34.8 Å². The third-order valence-electron chi connectivity index (χ3n) is 3.61. The smallest absolute Gasteiger partial charge is 0.200 e. The summed E-state index contributed by atoms with van der Waals surface area (Å²) in [5.41, 5.74) is 0.272. The van der Waals surface area contributed by atoms with E-state index in [4.69, 9.17) is 0 Å². The van der Waals surface area contributed by atoms with Gasteiger partial charge in [0.2, 0.25) is 5.82 Å². The van der Waals surface area contributed by atoms with Crippen LogP contribution in [0.5, 0.6) is 0 Å². The molecule has 0 aliphatic rings. The van der Waals surface area contributed by atoms with Crippen molar-refractivity contribution in [2.24, 2.45) is 4.99 Å². The number of nitrogens with zero attached hydrogens (tertiary/aromatic N) is 1. The highest BCUT2D eigenvalue weighted by atomic mass is 19.2. The van der Waals surface area contributed by atoms with E-state index >= 15 is 0 Å². The van der Waals surface area contributed by atoms with Gasteiger partial charge in [0.05, 0.1) is 0 Å². The van der Waals surface area contributed by atoms with Gasteiger partial charge in [-0.1, -0.05) is 39.0 Å². The molecule has 2 rings (SSSR count). The van der Waals surface area contributed by atoms with Gasteiger partial charge in [-0.05, 0) is 29.5 Å². The summed E-state index contributed by atoms with van der Waals surface area (Å²) in [7, 11) is 0. The predicted octanol–water partition coefficient (Wildman–Crippen LogP) is 5.82. The topological polar surface area (TPSA) is 12.4 Å². The number of rotatable bonds is 2. The van der Waals surface area contributed by atoms with Crippen molar-refractivity contribution < 1.29 is 22.0 Å². The molecule has 0 fully saturated rings. The van der Waals surface area contributed by atoms with E-state index in [1.165, 1.54) is 6.92 Å². The Morgan fingerprint density at radius 2 is 1.33 bits per heavy atom. The molecule has 0 saturated carbocycles. The van der Waals surface area contributed by atoms with E-state index in [1.807, 2.05) is 26.8 Å². The van der Waals surface area contributed by atoms with Gasteiger partial charge >= 0.3 is 0 Å². The Labute approximate surface area is 136 Å². The summed E-state index contributed by atoms with van der Waals surface area (Å²) in [6, 6.07) is 7.05. The van der Waals surface area contributed by atoms with E-state index in [9.17, 15) is 22.0 Å². The van der Waals surface area contributed by atoms with Crippen LogP contribution in [-0.2, 0) is 5.41 Å². The molecular weight excluding hydrogens is 325 g/mol. The van der Waals surface area contributed by atoms with E-state index in [-0.39, 0.29) is 11.1 Å². The summed E-state index contributed by atoms with van der Waals surface area (Å²) in [5.74, 6) is -10.1. The van der Waals surface area contributed by atoms with Crippen LogP contribution in [-0.4, -0.2) is 5.71 Å². The van der Waals surface area contributed by atoms with Crippen LogP contribution in [0.4, 0.5) is 27.6 Å². The lowest BCUT2D eigenvalue weighted by molar-refractivity contribution is 0.381. The molecule has 24 heavy (non-hydrogen) atoms. The van der Waals surface area contributed by atoms with Crippen LogP contribution in [0.25, 0.3) is 0 Å². The summed E-state index contributed by atoms with van der Waals surface area (Å²) in [6.45, 7) is 7.41. The molecule has 128 valence electrons. The molecule has 0 unspecified atom stereocenters. The summed E-state index contributed by atoms with van der Waals surface area (Å²) in [4.78, 5) is 3.63. The normalized spacial score (nSPS) is 12.6. The average Bonchev–Trinajstić information content (AvgIpc) is 2.54. The van der Waals surface area contributed by atoms with Crippen LogP contribution in [0, 0.1) is 29.1 Å². The minimum absolute atomic E-state index is 0.143. The molecule has 0 saturated heterocycles. The highest BCUT2D eigenvalue weighted by molar-refractivity contribution is 6.00. The average molecular weight is 341 g/mol. The zero-order chi connectivity index (χ0) is 18.2. The fourth-order valence-electron chi connectivity index (χ4n) is 2.13. The molecule has 0 atom stereocenters. The second-order valence-electron chi connectivity index (χ2n) is 6.45. The molecule has 2 aromatic rings. The van der Waals surface area contributed by atoms with Gasteiger partial charge in [0.1, 0.15) is 5.69 Å². The third-order valence-corrected chi connectivity index (χ3v) is 3.61. The Bertz CT molecular complexity index is 790. The first-order valence-electron chi connectivity index (χ1n) is 7.21. The van der Waals surface area contributed by atoms with Crippen molar-refractivity contribution in [3.8, 4) is 0 Å². The minimum Gasteiger partial charge on any atom is -0.247 e. The second-order valence-corrected chi connectivity index (χ2v) is 6.45. The maximum Gasteiger partial charge on any atom is 0.200 e. The highest BCUT2D eigenvalue weighted by Crippen LogP contribution is 2.30. The zero-order valence-corrected chi connectivity index (χ0v) is 13.6. The molecule has 2 aromatic carbocycles. The first-order chi connectivity index (χ1) is 11.0. The predicted molar refractivity (Wildman–Crippen MR) is 83.2 cm³/mol. The molecule has 0 radical (unpaired) electrons. The molecule has 0 aliphatic heterocycles. The van der Waals surface area contributed by atoms with Crippen molar-refractivity contribution in [3.05, 3.63) is 64.5 Å². The molecule has 0 aliphatic carbocycles. The van der Waals surface area contributed by atoms with Crippen molar-refractivity contribution in [3.63, 3.8) is 0 Å². The lowest BCUT2D eigenvalue weighted by atomic mass is 9.86. The molecule has 0 spiro atoms. The zero-order valence-electron chi connectivity index (χ0n) is 13.6. The standard InChI is InChI=1S/C18H16F5N/c1-9(10-6-5-7-11(8-10)18(2,3)4)24-17-15(22)13(20)12(19)14(21)16(17)23/h5-8H,1-4H3. The van der Waals surface area contributed by atoms with Crippen LogP contribution < -0.4 is 0 Å². The Kier molecular flexibility index (Phi) is 4.78. The van der Waals surface area contributed by atoms with Crippen molar-refractivity contribution in [2.45, 2.75) is 33.1 Å². The number of halogens is 5. The van der Waals surface area contributed by atoms with Gasteiger partial charge in [-0.15, -0.1) is 0 Å². The van der Waals surface area contributed by atoms with Gasteiger partial charge in [-0.25, -0.2) is 26.9 Å². The number of hydrogen-bond donors (Lipinski definition) is 0. The molecule has 6 heteroatoms. The first-order valence-corrected chi connectivity index (χ1v) is 7.21. The molecular formula is C18H16F5N. The Balaban J connectivity index is 2.58. The maximum absolute atomic E-state index is 13.7. The molecule has 1 nitrogen and oxygen atoms in total. The van der Waals surface area contributed by atoms with Gasteiger partial charge in [0, 0.05) is 5.71 Å². The van der Waals surface area contributed by atoms with Crippen LogP contribution in [0.2, 0.25) is 0 Å². The van der Waals surface area contributed by atoms with Gasteiger partial charge in [0.25, 0.3) is 0 Å². The molecule has 0 N–H and O–H groups in total. The van der Waals surface area contributed by atoms with Crippen molar-refractivity contribution in [1.82, 2.24) is 0 Å². The molecule has 0 aromatic heterocycles. The minimum atomic E-state index is -2.20. The fourth-order valence-corrected chi connectivity index (χ4v) is 2.13. The van der Waals surface area contributed by atoms with Crippen LogP contribution >= 0.6 is 0 Å². The third kappa shape index (κ3) is 3.32. The molecule has 0 amide bonds. The SMILES string of the molecule is CC(=Nc1c(F)c(F)c(F)c(F)c1F)c1cccc(C(C)(C)C)c1. The second kappa shape index (κ2) is 6.34. The lowest BCUT2D eigenvalue weighted by Crippen LogP contribution is -2.12. The van der Waals surface area contributed by atoms with E-state index in [2.05, 4.69) is 4.99 Å². The van der Waals surface area contributed by atoms with Gasteiger partial charge in [-0.2, -0.15) is 0 Å². The van der Waals surface area contributed by atoms with Crippen molar-refractivity contribution >= 4 is 11.4 Å². The van der Waals surface area contributed by atoms with Crippen molar-refractivity contribution in [2.75, 3.05) is 0 Å². The van der Waals surface area contributed by atoms with Crippen molar-refractivity contribution in [1.29, 1.82) is 0 Å². The maximum atomic E-state index is 13.7. The Hall–Kier alpha value is -2.24. The lowest BCUT2D eigenvalue weighted by Gasteiger charge is -2.19. The number of benzene rings is 2. The summed E-state index contributed by atoms with van der Waals surface area (Å²) < 4.78 is 67.0. The van der Waals surface area contributed by atoms with Crippen LogP contribution in [0.1, 0.15) is 38.8 Å². The van der Waals surface area contributed by atoms with Gasteiger partial charge < -0.3 is 0 Å². The van der Waals surface area contributed by atoms with Gasteiger partial charge in [-0.3, -0.25) is 0 Å². The monoisotopic (exact) mass is 341 g/mol. The summed E-state index contributed by atoms with van der Waals surface area (Å²) >= 11 is 0. The number of aliphatic imine (C=N–C) groups is 1. The van der Waals surface area contributed by atoms with E-state index in [0.717, 1.165) is 5.56 Å². The van der Waals surface area contributed by atoms with E-state index in [1.54, 1.807) is 18.2 Å². The van der Waals surface area contributed by atoms with Gasteiger partial charge in [0.15, 0.2) is 23.3 Å². The van der Waals surface area contributed by atoms with E-state index in [0.29, 0.717) is 5.56 Å². The molecule has 0 bridgehead atoms. The number of hydrogen-bond acceptors (Lipinski definition) is 1. The first kappa shape index (κ1) is 18.1. The fraction of sp³-hybridized carbons (Fsp3) is 0.278. The largest absolute Gasteiger partial charge is 0.247 e. The Morgan fingerprint density at radius 3 is 1.83 bits per heavy atom. The van der Waals surface area contributed by atoms with Crippen LogP contribution in [0.15, 0.2) is 29.3 Å². The highest BCUT2D eigenvalue weighted by Gasteiger charge is 2.25. The summed E-state index contributed by atoms with van der Waals surface area (Å²) in [5, 5.41) is 0. The quantitative estimate of drug-likeness (QED) is 0.282. The molecule has 0 heterocycles.